The van der Waals surface area contributed by atoms with E-state index in [1.165, 1.54) is 0 Å². The number of carboxylic acid groups (broad SMARTS) is 1. The summed E-state index contributed by atoms with van der Waals surface area (Å²) in [6, 6.07) is 0. The molecular formula is C24H41ClO5. The Kier molecular flexibility index (Phi) is 6.91. The van der Waals surface area contributed by atoms with Crippen molar-refractivity contribution in [2.24, 2.45) is 46.3 Å². The predicted molar refractivity (Wildman–Crippen MR) is 117 cm³/mol. The number of aliphatic hydroxyl groups excluding tert-OH is 3. The molecule has 0 aromatic heterocycles. The molecule has 0 bridgehead atoms. The van der Waals surface area contributed by atoms with Crippen LogP contribution < -0.4 is 0 Å². The highest BCUT2D eigenvalue weighted by Crippen LogP contribution is 2.68. The highest BCUT2D eigenvalue weighted by molar-refractivity contribution is 5.85. The van der Waals surface area contributed by atoms with Gasteiger partial charge in [0.2, 0.25) is 0 Å². The molecule has 4 aliphatic rings. The van der Waals surface area contributed by atoms with E-state index in [9.17, 15) is 20.1 Å². The third kappa shape index (κ3) is 3.62. The molecule has 4 aliphatic carbocycles. The van der Waals surface area contributed by atoms with Crippen LogP contribution in [0.25, 0.3) is 0 Å². The third-order valence-corrected chi connectivity index (χ3v) is 10.3. The number of carbonyl (C=O) groups is 1. The number of carboxylic acids is 1. The summed E-state index contributed by atoms with van der Waals surface area (Å²) in [5, 5.41) is 42.0. The highest BCUT2D eigenvalue weighted by atomic mass is 35.5. The van der Waals surface area contributed by atoms with Crippen molar-refractivity contribution in [2.75, 3.05) is 0 Å². The molecule has 5 nitrogen and oxygen atoms in total. The lowest BCUT2D eigenvalue weighted by molar-refractivity contribution is -0.207. The van der Waals surface area contributed by atoms with Gasteiger partial charge in [-0.1, -0.05) is 20.8 Å². The molecule has 4 fully saturated rings. The van der Waals surface area contributed by atoms with E-state index in [2.05, 4.69) is 20.8 Å². The van der Waals surface area contributed by atoms with Crippen LogP contribution in [-0.2, 0) is 4.79 Å². The maximum Gasteiger partial charge on any atom is 0.303 e. The molecular weight excluding hydrogens is 404 g/mol. The van der Waals surface area contributed by atoms with Crippen molar-refractivity contribution in [3.05, 3.63) is 0 Å². The summed E-state index contributed by atoms with van der Waals surface area (Å²) in [6.07, 6.45) is 6.00. The second-order valence-corrected chi connectivity index (χ2v) is 11.4. The largest absolute Gasteiger partial charge is 0.481 e. The molecule has 6 heteroatoms. The van der Waals surface area contributed by atoms with Crippen molar-refractivity contribution in [3.8, 4) is 0 Å². The molecule has 174 valence electrons. The number of hydrogen-bond acceptors (Lipinski definition) is 4. The molecule has 4 N–H and O–H groups in total. The summed E-state index contributed by atoms with van der Waals surface area (Å²) in [4.78, 5) is 11.1. The Labute approximate surface area is 187 Å². The predicted octanol–water partition coefficient (Wildman–Crippen LogP) is 3.87. The normalized spacial score (nSPS) is 51.1. The second-order valence-electron chi connectivity index (χ2n) is 11.4. The van der Waals surface area contributed by atoms with Gasteiger partial charge in [0.1, 0.15) is 0 Å². The molecule has 0 aliphatic heterocycles. The van der Waals surface area contributed by atoms with Crippen LogP contribution in [0.5, 0.6) is 0 Å². The number of aliphatic hydroxyl groups is 3. The van der Waals surface area contributed by atoms with Crippen LogP contribution in [-0.4, -0.2) is 44.7 Å². The molecule has 0 radical (unpaired) electrons. The molecule has 0 amide bonds. The van der Waals surface area contributed by atoms with Crippen molar-refractivity contribution in [1.82, 2.24) is 0 Å². The Morgan fingerprint density at radius 1 is 1.03 bits per heavy atom. The van der Waals surface area contributed by atoms with E-state index in [0.717, 1.165) is 44.9 Å². The average molecular weight is 445 g/mol. The fraction of sp³-hybridized carbons (Fsp3) is 0.958. The summed E-state index contributed by atoms with van der Waals surface area (Å²) >= 11 is 0. The molecule has 4 rings (SSSR count). The zero-order valence-electron chi connectivity index (χ0n) is 18.7. The van der Waals surface area contributed by atoms with Crippen LogP contribution in [0.15, 0.2) is 0 Å². The van der Waals surface area contributed by atoms with E-state index >= 15 is 0 Å². The van der Waals surface area contributed by atoms with Gasteiger partial charge in [0.15, 0.2) is 0 Å². The van der Waals surface area contributed by atoms with Crippen molar-refractivity contribution in [2.45, 2.75) is 96.9 Å². The minimum absolute atomic E-state index is 0. The standard InChI is InChI=1S/C24H40O5.ClH/c1-13(4-7-21(28)29)16-5-6-17-22-18(12-20(27)24(16,17)3)23(2)9-8-15(25)10-14(23)11-19(22)26;/h13-20,22,25-27H,4-12H2,1-3H3,(H,28,29);1H/t13-,14+,15-,16-,17+,18+,19-,20+,22+,23+,24-;/m1./s1. The van der Waals surface area contributed by atoms with Crippen LogP contribution in [0, 0.1) is 46.3 Å². The Morgan fingerprint density at radius 3 is 2.40 bits per heavy atom. The lowest BCUT2D eigenvalue weighted by atomic mass is 9.43. The van der Waals surface area contributed by atoms with Gasteiger partial charge in [-0.3, -0.25) is 4.79 Å². The van der Waals surface area contributed by atoms with Crippen molar-refractivity contribution >= 4 is 18.4 Å². The first-order valence-electron chi connectivity index (χ1n) is 11.8. The summed E-state index contributed by atoms with van der Waals surface area (Å²) < 4.78 is 0. The summed E-state index contributed by atoms with van der Waals surface area (Å²) in [7, 11) is 0. The fourth-order valence-corrected chi connectivity index (χ4v) is 8.68. The number of aliphatic carboxylic acids is 1. The molecule has 0 heterocycles. The minimum Gasteiger partial charge on any atom is -0.481 e. The maximum absolute atomic E-state index is 11.5. The molecule has 0 unspecified atom stereocenters. The monoisotopic (exact) mass is 444 g/mol. The first-order chi connectivity index (χ1) is 13.6. The highest BCUT2D eigenvalue weighted by Gasteiger charge is 2.65. The van der Waals surface area contributed by atoms with E-state index in [1.807, 2.05) is 0 Å². The Balaban J connectivity index is 0.00000256. The van der Waals surface area contributed by atoms with Crippen molar-refractivity contribution in [3.63, 3.8) is 0 Å². The average Bonchev–Trinajstić information content (AvgIpc) is 3.01. The lowest BCUT2D eigenvalue weighted by Crippen LogP contribution is -2.62. The first kappa shape index (κ1) is 24.3. The first-order valence-corrected chi connectivity index (χ1v) is 11.8. The van der Waals surface area contributed by atoms with Gasteiger partial charge in [0.05, 0.1) is 18.3 Å². The Bertz CT molecular complexity index is 643. The Morgan fingerprint density at radius 2 is 1.73 bits per heavy atom. The molecule has 11 atom stereocenters. The fourth-order valence-electron chi connectivity index (χ4n) is 8.68. The Hall–Kier alpha value is -0.360. The number of rotatable bonds is 4. The lowest BCUT2D eigenvalue weighted by Gasteiger charge is -2.63. The maximum atomic E-state index is 11.5. The van der Waals surface area contributed by atoms with Crippen LogP contribution in [0.2, 0.25) is 0 Å². The summed E-state index contributed by atoms with van der Waals surface area (Å²) in [5.74, 6) is 0.997. The zero-order valence-corrected chi connectivity index (χ0v) is 19.5. The zero-order chi connectivity index (χ0) is 21.1. The van der Waals surface area contributed by atoms with Crippen LogP contribution in [0.3, 0.4) is 0 Å². The quantitative estimate of drug-likeness (QED) is 0.527. The van der Waals surface area contributed by atoms with E-state index in [0.29, 0.717) is 30.1 Å². The van der Waals surface area contributed by atoms with Crippen LogP contribution >= 0.6 is 12.4 Å². The SMILES string of the molecule is C[C@H](CCC(=O)O)[C@H]1CC[C@H]2[C@@H]3[C@H](O)C[C@@H]4C[C@H](O)CC[C@]4(C)[C@H]3C[C@H](O)[C@]12C.Cl. The van der Waals surface area contributed by atoms with Gasteiger partial charge in [-0.15, -0.1) is 12.4 Å². The molecule has 0 aromatic rings. The smallest absolute Gasteiger partial charge is 0.303 e. The van der Waals surface area contributed by atoms with Crippen LogP contribution in [0.1, 0.15) is 78.6 Å². The van der Waals surface area contributed by atoms with Gasteiger partial charge in [-0.05, 0) is 97.7 Å². The van der Waals surface area contributed by atoms with E-state index in [4.69, 9.17) is 5.11 Å². The second kappa shape index (κ2) is 8.53. The van der Waals surface area contributed by atoms with Gasteiger partial charge in [0.25, 0.3) is 0 Å². The molecule has 4 saturated carbocycles. The van der Waals surface area contributed by atoms with E-state index in [1.54, 1.807) is 0 Å². The van der Waals surface area contributed by atoms with Crippen molar-refractivity contribution < 1.29 is 25.2 Å². The molecule has 0 spiro atoms. The van der Waals surface area contributed by atoms with Gasteiger partial charge < -0.3 is 20.4 Å². The van der Waals surface area contributed by atoms with Gasteiger partial charge >= 0.3 is 5.97 Å². The van der Waals surface area contributed by atoms with Gasteiger partial charge in [-0.2, -0.15) is 0 Å². The third-order valence-electron chi connectivity index (χ3n) is 10.3. The minimum atomic E-state index is -0.748. The van der Waals surface area contributed by atoms with Crippen LogP contribution in [0.4, 0.5) is 0 Å². The number of hydrogen-bond donors (Lipinski definition) is 4. The van der Waals surface area contributed by atoms with E-state index in [-0.39, 0.29) is 53.7 Å². The van der Waals surface area contributed by atoms with Gasteiger partial charge in [0, 0.05) is 6.42 Å². The molecule has 0 aromatic carbocycles. The van der Waals surface area contributed by atoms with Crippen molar-refractivity contribution in [1.29, 1.82) is 0 Å². The van der Waals surface area contributed by atoms with Gasteiger partial charge in [-0.25, -0.2) is 0 Å². The van der Waals surface area contributed by atoms with E-state index < -0.39 is 12.1 Å². The number of fused-ring (bicyclic) bond motifs is 5. The molecule has 0 saturated heterocycles. The number of halogens is 1. The summed E-state index contributed by atoms with van der Waals surface area (Å²) in [5.41, 5.74) is -0.143. The summed E-state index contributed by atoms with van der Waals surface area (Å²) in [6.45, 7) is 6.72. The topological polar surface area (TPSA) is 98.0 Å². The molecule has 30 heavy (non-hydrogen) atoms.